The van der Waals surface area contributed by atoms with E-state index in [9.17, 15) is 0 Å². The maximum atomic E-state index is 4.68. The van der Waals surface area contributed by atoms with Gasteiger partial charge in [-0.3, -0.25) is 0 Å². The minimum absolute atomic E-state index is 1.06. The SMILES string of the molecule is Brc1ccc2sc(N3CCNCC3)nc2c1. The van der Waals surface area contributed by atoms with Crippen LogP contribution in [0.1, 0.15) is 0 Å². The maximum Gasteiger partial charge on any atom is 0.186 e. The van der Waals surface area contributed by atoms with E-state index < -0.39 is 0 Å². The van der Waals surface area contributed by atoms with Gasteiger partial charge in [-0.1, -0.05) is 27.3 Å². The van der Waals surface area contributed by atoms with Crippen molar-refractivity contribution in [2.75, 3.05) is 31.1 Å². The van der Waals surface area contributed by atoms with Crippen LogP contribution < -0.4 is 10.2 Å². The average Bonchev–Trinajstić information content (AvgIpc) is 2.73. The van der Waals surface area contributed by atoms with Gasteiger partial charge in [-0.2, -0.15) is 0 Å². The standard InChI is InChI=1S/C11H12BrN3S/c12-8-1-2-10-9(7-8)14-11(16-10)15-5-3-13-4-6-15/h1-2,7,13H,3-6H2. The van der Waals surface area contributed by atoms with Crippen LogP contribution in [0.15, 0.2) is 22.7 Å². The molecule has 1 saturated heterocycles. The molecule has 0 aliphatic carbocycles. The highest BCUT2D eigenvalue weighted by Gasteiger charge is 2.14. The van der Waals surface area contributed by atoms with Crippen LogP contribution in [-0.4, -0.2) is 31.2 Å². The second kappa shape index (κ2) is 4.31. The van der Waals surface area contributed by atoms with Gasteiger partial charge in [0.2, 0.25) is 0 Å². The Morgan fingerprint density at radius 1 is 1.31 bits per heavy atom. The topological polar surface area (TPSA) is 28.2 Å². The highest BCUT2D eigenvalue weighted by molar-refractivity contribution is 9.10. The van der Waals surface area contributed by atoms with Gasteiger partial charge in [0.1, 0.15) is 0 Å². The fourth-order valence-corrected chi connectivity index (χ4v) is 3.23. The van der Waals surface area contributed by atoms with Crippen molar-refractivity contribution in [3.05, 3.63) is 22.7 Å². The van der Waals surface area contributed by atoms with E-state index in [-0.39, 0.29) is 0 Å². The molecule has 0 bridgehead atoms. The number of anilines is 1. The molecule has 16 heavy (non-hydrogen) atoms. The Balaban J connectivity index is 1.97. The van der Waals surface area contributed by atoms with Gasteiger partial charge in [-0.05, 0) is 18.2 Å². The highest BCUT2D eigenvalue weighted by atomic mass is 79.9. The summed E-state index contributed by atoms with van der Waals surface area (Å²) in [5.41, 5.74) is 1.09. The third kappa shape index (κ3) is 1.95. The number of piperazine rings is 1. The molecule has 2 aromatic rings. The average molecular weight is 298 g/mol. The summed E-state index contributed by atoms with van der Waals surface area (Å²) in [5, 5.41) is 4.50. The largest absolute Gasteiger partial charge is 0.346 e. The molecule has 0 atom stereocenters. The van der Waals surface area contributed by atoms with Crippen molar-refractivity contribution in [3.8, 4) is 0 Å². The van der Waals surface area contributed by atoms with Crippen molar-refractivity contribution >= 4 is 42.6 Å². The van der Waals surface area contributed by atoms with E-state index in [0.717, 1.165) is 41.3 Å². The molecule has 1 N–H and O–H groups in total. The van der Waals surface area contributed by atoms with Crippen LogP contribution in [0.3, 0.4) is 0 Å². The first-order valence-corrected chi connectivity index (χ1v) is 6.96. The molecule has 3 rings (SSSR count). The second-order valence-corrected chi connectivity index (χ2v) is 5.77. The van der Waals surface area contributed by atoms with Gasteiger partial charge in [0, 0.05) is 30.7 Å². The Morgan fingerprint density at radius 3 is 2.94 bits per heavy atom. The Hall–Kier alpha value is -0.650. The Morgan fingerprint density at radius 2 is 2.12 bits per heavy atom. The lowest BCUT2D eigenvalue weighted by molar-refractivity contribution is 0.588. The zero-order valence-electron chi connectivity index (χ0n) is 8.74. The molecule has 2 heterocycles. The van der Waals surface area contributed by atoms with Gasteiger partial charge in [0.15, 0.2) is 5.13 Å². The Kier molecular flexibility index (Phi) is 2.83. The summed E-state index contributed by atoms with van der Waals surface area (Å²) in [5.74, 6) is 0. The normalized spacial score (nSPS) is 16.9. The van der Waals surface area contributed by atoms with Crippen LogP contribution in [0, 0.1) is 0 Å². The van der Waals surface area contributed by atoms with Crippen molar-refractivity contribution in [1.29, 1.82) is 0 Å². The molecule has 1 aliphatic rings. The summed E-state index contributed by atoms with van der Waals surface area (Å²) in [7, 11) is 0. The lowest BCUT2D eigenvalue weighted by atomic mass is 10.3. The number of hydrogen-bond donors (Lipinski definition) is 1. The molecule has 1 aromatic carbocycles. The molecular formula is C11H12BrN3S. The number of halogens is 1. The molecular weight excluding hydrogens is 286 g/mol. The third-order valence-corrected chi connectivity index (χ3v) is 4.32. The summed E-state index contributed by atoms with van der Waals surface area (Å²) in [6.45, 7) is 4.22. The van der Waals surface area contributed by atoms with Crippen LogP contribution in [0.25, 0.3) is 10.2 Å². The van der Waals surface area contributed by atoms with E-state index in [4.69, 9.17) is 0 Å². The molecule has 1 aromatic heterocycles. The van der Waals surface area contributed by atoms with Gasteiger partial charge in [0.05, 0.1) is 10.2 Å². The number of fused-ring (bicyclic) bond motifs is 1. The number of nitrogens with zero attached hydrogens (tertiary/aromatic N) is 2. The lowest BCUT2D eigenvalue weighted by Crippen LogP contribution is -2.43. The molecule has 84 valence electrons. The number of aromatic nitrogens is 1. The molecule has 0 amide bonds. The summed E-state index contributed by atoms with van der Waals surface area (Å²) >= 11 is 5.26. The summed E-state index contributed by atoms with van der Waals surface area (Å²) in [4.78, 5) is 7.04. The zero-order chi connectivity index (χ0) is 11.0. The predicted molar refractivity (Wildman–Crippen MR) is 72.4 cm³/mol. The first kappa shape index (κ1) is 10.5. The summed E-state index contributed by atoms with van der Waals surface area (Å²) < 4.78 is 2.36. The first-order valence-electron chi connectivity index (χ1n) is 5.35. The van der Waals surface area contributed by atoms with E-state index in [1.54, 1.807) is 11.3 Å². The third-order valence-electron chi connectivity index (χ3n) is 2.73. The van der Waals surface area contributed by atoms with Gasteiger partial charge in [-0.25, -0.2) is 4.98 Å². The van der Waals surface area contributed by atoms with Gasteiger partial charge < -0.3 is 10.2 Å². The molecule has 0 saturated carbocycles. The summed E-state index contributed by atoms with van der Waals surface area (Å²) in [6, 6.07) is 6.28. The van der Waals surface area contributed by atoms with Crippen molar-refractivity contribution in [3.63, 3.8) is 0 Å². The molecule has 0 unspecified atom stereocenters. The highest BCUT2D eigenvalue weighted by Crippen LogP contribution is 2.30. The Bertz CT molecular complexity index is 505. The van der Waals surface area contributed by atoms with Crippen LogP contribution in [-0.2, 0) is 0 Å². The minimum Gasteiger partial charge on any atom is -0.346 e. The second-order valence-electron chi connectivity index (χ2n) is 3.85. The van der Waals surface area contributed by atoms with E-state index in [0.29, 0.717) is 0 Å². The first-order chi connectivity index (χ1) is 7.83. The number of thiazole rings is 1. The van der Waals surface area contributed by atoms with Crippen LogP contribution >= 0.6 is 27.3 Å². The van der Waals surface area contributed by atoms with E-state index in [1.807, 2.05) is 0 Å². The maximum absolute atomic E-state index is 4.68. The van der Waals surface area contributed by atoms with Crippen LogP contribution in [0.4, 0.5) is 5.13 Å². The van der Waals surface area contributed by atoms with Crippen LogP contribution in [0.2, 0.25) is 0 Å². The smallest absolute Gasteiger partial charge is 0.186 e. The molecule has 0 spiro atoms. The fourth-order valence-electron chi connectivity index (χ4n) is 1.88. The molecule has 3 nitrogen and oxygen atoms in total. The number of benzene rings is 1. The van der Waals surface area contributed by atoms with Gasteiger partial charge >= 0.3 is 0 Å². The van der Waals surface area contributed by atoms with Crippen molar-refractivity contribution in [2.45, 2.75) is 0 Å². The van der Waals surface area contributed by atoms with E-state index >= 15 is 0 Å². The quantitative estimate of drug-likeness (QED) is 0.876. The number of nitrogens with one attached hydrogen (secondary N) is 1. The molecule has 1 fully saturated rings. The van der Waals surface area contributed by atoms with Gasteiger partial charge in [-0.15, -0.1) is 0 Å². The number of hydrogen-bond acceptors (Lipinski definition) is 4. The zero-order valence-corrected chi connectivity index (χ0v) is 11.1. The number of rotatable bonds is 1. The molecule has 0 radical (unpaired) electrons. The van der Waals surface area contributed by atoms with Crippen LogP contribution in [0.5, 0.6) is 0 Å². The lowest BCUT2D eigenvalue weighted by Gasteiger charge is -2.26. The van der Waals surface area contributed by atoms with Crippen molar-refractivity contribution < 1.29 is 0 Å². The van der Waals surface area contributed by atoms with Crippen molar-refractivity contribution in [2.24, 2.45) is 0 Å². The Labute approximate surface area is 107 Å². The summed E-state index contributed by atoms with van der Waals surface area (Å²) in [6.07, 6.45) is 0. The monoisotopic (exact) mass is 297 g/mol. The van der Waals surface area contributed by atoms with Gasteiger partial charge in [0.25, 0.3) is 0 Å². The van der Waals surface area contributed by atoms with E-state index in [1.165, 1.54) is 4.70 Å². The molecule has 1 aliphatic heterocycles. The fraction of sp³-hybridized carbons (Fsp3) is 0.364. The molecule has 5 heteroatoms. The predicted octanol–water partition coefficient (Wildman–Crippen LogP) is 2.47. The van der Waals surface area contributed by atoms with E-state index in [2.05, 4.69) is 49.3 Å². The van der Waals surface area contributed by atoms with Crippen molar-refractivity contribution in [1.82, 2.24) is 10.3 Å². The minimum atomic E-state index is 1.06.